The quantitative estimate of drug-likeness (QED) is 0.855. The monoisotopic (exact) mass is 330 g/mol. The Morgan fingerprint density at radius 2 is 2.30 bits per heavy atom. The number of hydrogen-bond donors (Lipinski definition) is 0. The topological polar surface area (TPSA) is 61.2 Å². The van der Waals surface area contributed by atoms with Crippen LogP contribution < -0.4 is 0 Å². The van der Waals surface area contributed by atoms with Crippen molar-refractivity contribution in [2.24, 2.45) is 0 Å². The molecular formula is C13H15ClN2O2S2. The van der Waals surface area contributed by atoms with E-state index in [0.29, 0.717) is 23.9 Å². The molecule has 0 radical (unpaired) electrons. The van der Waals surface area contributed by atoms with Crippen molar-refractivity contribution in [2.75, 3.05) is 18.8 Å². The molecule has 2 rings (SSSR count). The van der Waals surface area contributed by atoms with Crippen LogP contribution in [0.25, 0.3) is 0 Å². The lowest BCUT2D eigenvalue weighted by molar-refractivity contribution is 0.416. The van der Waals surface area contributed by atoms with Crippen LogP contribution >= 0.6 is 23.4 Å². The summed E-state index contributed by atoms with van der Waals surface area (Å²) in [6.07, 6.45) is 0.933. The highest BCUT2D eigenvalue weighted by atomic mass is 35.5. The van der Waals surface area contributed by atoms with E-state index in [2.05, 4.69) is 6.92 Å². The SMILES string of the molecule is CCC1CN(S(=O)(=O)c2cc(C#N)ccc2Cl)CCS1. The first-order valence-corrected chi connectivity index (χ1v) is 9.17. The van der Waals surface area contributed by atoms with E-state index in [-0.39, 0.29) is 9.92 Å². The lowest BCUT2D eigenvalue weighted by atomic mass is 10.2. The Labute approximate surface area is 128 Å². The third kappa shape index (κ3) is 3.12. The van der Waals surface area contributed by atoms with E-state index < -0.39 is 10.0 Å². The predicted octanol–water partition coefficient (Wildman–Crippen LogP) is 2.73. The zero-order valence-corrected chi connectivity index (χ0v) is 13.4. The second-order valence-corrected chi connectivity index (χ2v) is 8.24. The van der Waals surface area contributed by atoms with Crippen LogP contribution in [0.1, 0.15) is 18.9 Å². The molecular weight excluding hydrogens is 316 g/mol. The summed E-state index contributed by atoms with van der Waals surface area (Å²) < 4.78 is 26.8. The summed E-state index contributed by atoms with van der Waals surface area (Å²) in [5.74, 6) is 0.785. The van der Waals surface area contributed by atoms with Gasteiger partial charge < -0.3 is 0 Å². The van der Waals surface area contributed by atoms with E-state index in [1.165, 1.54) is 22.5 Å². The summed E-state index contributed by atoms with van der Waals surface area (Å²) in [4.78, 5) is 0.0277. The molecule has 108 valence electrons. The zero-order chi connectivity index (χ0) is 14.8. The molecule has 1 unspecified atom stereocenters. The van der Waals surface area contributed by atoms with Gasteiger partial charge in [0.25, 0.3) is 0 Å². The maximum absolute atomic E-state index is 12.7. The highest BCUT2D eigenvalue weighted by Crippen LogP contribution is 2.30. The molecule has 1 fully saturated rings. The van der Waals surface area contributed by atoms with Gasteiger partial charge in [0.15, 0.2) is 0 Å². The normalized spacial score (nSPS) is 20.6. The summed E-state index contributed by atoms with van der Waals surface area (Å²) in [5, 5.41) is 9.38. The summed E-state index contributed by atoms with van der Waals surface area (Å²) in [6.45, 7) is 3.03. The molecule has 0 N–H and O–H groups in total. The molecule has 7 heteroatoms. The summed E-state index contributed by atoms with van der Waals surface area (Å²) in [7, 11) is -3.63. The standard InChI is InChI=1S/C13H15ClN2O2S2/c1-2-11-9-16(5-6-19-11)20(17,18)13-7-10(8-15)3-4-12(13)14/h3-4,7,11H,2,5-6,9H2,1H3. The maximum atomic E-state index is 12.7. The van der Waals surface area contributed by atoms with Gasteiger partial charge in [-0.05, 0) is 24.6 Å². The van der Waals surface area contributed by atoms with Gasteiger partial charge in [0.05, 0.1) is 16.7 Å². The molecule has 1 aromatic rings. The first kappa shape index (κ1) is 15.6. The van der Waals surface area contributed by atoms with Crippen molar-refractivity contribution >= 4 is 33.4 Å². The number of thioether (sulfide) groups is 1. The fraction of sp³-hybridized carbons (Fsp3) is 0.462. The molecule has 1 saturated heterocycles. The average Bonchev–Trinajstić information content (AvgIpc) is 2.47. The van der Waals surface area contributed by atoms with Gasteiger partial charge in [-0.2, -0.15) is 21.3 Å². The lowest BCUT2D eigenvalue weighted by Gasteiger charge is -2.31. The number of hydrogen-bond acceptors (Lipinski definition) is 4. The first-order valence-electron chi connectivity index (χ1n) is 6.30. The fourth-order valence-corrected chi connectivity index (χ4v) is 5.44. The van der Waals surface area contributed by atoms with E-state index >= 15 is 0 Å². The van der Waals surface area contributed by atoms with Crippen LogP contribution in [0.15, 0.2) is 23.1 Å². The molecule has 0 bridgehead atoms. The Hall–Kier alpha value is -0.740. The molecule has 1 atom stereocenters. The Kier molecular flexibility index (Phi) is 4.97. The number of halogens is 1. The van der Waals surface area contributed by atoms with Crippen LogP contribution in [-0.2, 0) is 10.0 Å². The van der Waals surface area contributed by atoms with Gasteiger partial charge in [-0.25, -0.2) is 8.42 Å². The predicted molar refractivity (Wildman–Crippen MR) is 81.5 cm³/mol. The Bertz CT molecular complexity index is 640. The molecule has 1 aromatic carbocycles. The van der Waals surface area contributed by atoms with Gasteiger partial charge in [-0.3, -0.25) is 0 Å². The third-order valence-corrected chi connectivity index (χ3v) is 6.95. The second-order valence-electron chi connectivity index (χ2n) is 4.52. The van der Waals surface area contributed by atoms with Crippen molar-refractivity contribution in [1.29, 1.82) is 5.26 Å². The van der Waals surface area contributed by atoms with Crippen LogP contribution in [0, 0.1) is 11.3 Å². The van der Waals surface area contributed by atoms with E-state index in [1.807, 2.05) is 6.07 Å². The van der Waals surface area contributed by atoms with Crippen LogP contribution in [0.5, 0.6) is 0 Å². The van der Waals surface area contributed by atoms with Crippen LogP contribution in [0.2, 0.25) is 5.02 Å². The molecule has 0 saturated carbocycles. The number of rotatable bonds is 3. The van der Waals surface area contributed by atoms with Crippen molar-refractivity contribution in [3.8, 4) is 6.07 Å². The minimum absolute atomic E-state index is 0.0277. The zero-order valence-electron chi connectivity index (χ0n) is 11.0. The van der Waals surface area contributed by atoms with Crippen LogP contribution in [0.4, 0.5) is 0 Å². The third-order valence-electron chi connectivity index (χ3n) is 3.23. The van der Waals surface area contributed by atoms with E-state index in [4.69, 9.17) is 16.9 Å². The Balaban J connectivity index is 2.37. The van der Waals surface area contributed by atoms with Gasteiger partial charge in [-0.1, -0.05) is 18.5 Å². The molecule has 0 aromatic heterocycles. The molecule has 1 aliphatic heterocycles. The van der Waals surface area contributed by atoms with E-state index in [9.17, 15) is 8.42 Å². The molecule has 20 heavy (non-hydrogen) atoms. The Morgan fingerprint density at radius 1 is 1.55 bits per heavy atom. The van der Waals surface area contributed by atoms with Gasteiger partial charge in [-0.15, -0.1) is 0 Å². The molecule has 0 spiro atoms. The maximum Gasteiger partial charge on any atom is 0.244 e. The highest BCUT2D eigenvalue weighted by Gasteiger charge is 2.31. The number of nitriles is 1. The first-order chi connectivity index (χ1) is 9.48. The van der Waals surface area contributed by atoms with Crippen molar-refractivity contribution < 1.29 is 8.42 Å². The van der Waals surface area contributed by atoms with Crippen molar-refractivity contribution in [2.45, 2.75) is 23.5 Å². The van der Waals surface area contributed by atoms with E-state index in [1.54, 1.807) is 11.8 Å². The van der Waals surface area contributed by atoms with Gasteiger partial charge in [0, 0.05) is 24.1 Å². The number of benzene rings is 1. The van der Waals surface area contributed by atoms with Crippen molar-refractivity contribution in [3.63, 3.8) is 0 Å². The van der Waals surface area contributed by atoms with Gasteiger partial charge in [0.2, 0.25) is 10.0 Å². The highest BCUT2D eigenvalue weighted by molar-refractivity contribution is 8.00. The van der Waals surface area contributed by atoms with Gasteiger partial charge in [0.1, 0.15) is 4.90 Å². The minimum Gasteiger partial charge on any atom is -0.207 e. The molecule has 0 amide bonds. The smallest absolute Gasteiger partial charge is 0.207 e. The molecule has 0 aliphatic carbocycles. The molecule has 1 heterocycles. The van der Waals surface area contributed by atoms with E-state index in [0.717, 1.165) is 12.2 Å². The van der Waals surface area contributed by atoms with Crippen LogP contribution in [-0.4, -0.2) is 36.8 Å². The lowest BCUT2D eigenvalue weighted by Crippen LogP contribution is -2.41. The van der Waals surface area contributed by atoms with Crippen LogP contribution in [0.3, 0.4) is 0 Å². The molecule has 4 nitrogen and oxygen atoms in total. The summed E-state index contributed by atoms with van der Waals surface area (Å²) in [6, 6.07) is 6.27. The number of nitrogens with zero attached hydrogens (tertiary/aromatic N) is 2. The van der Waals surface area contributed by atoms with Crippen molar-refractivity contribution in [1.82, 2.24) is 4.31 Å². The number of sulfonamides is 1. The van der Waals surface area contributed by atoms with Crippen molar-refractivity contribution in [3.05, 3.63) is 28.8 Å². The minimum atomic E-state index is -3.63. The Morgan fingerprint density at radius 3 is 2.95 bits per heavy atom. The second kappa shape index (κ2) is 6.35. The largest absolute Gasteiger partial charge is 0.244 e. The average molecular weight is 331 g/mol. The summed E-state index contributed by atoms with van der Waals surface area (Å²) >= 11 is 7.81. The molecule has 1 aliphatic rings. The fourth-order valence-electron chi connectivity index (χ4n) is 2.07. The van der Waals surface area contributed by atoms with Gasteiger partial charge >= 0.3 is 0 Å². The summed E-state index contributed by atoms with van der Waals surface area (Å²) in [5.41, 5.74) is 0.298.